The standard InChI is InChI=1S/C28H28N6O2/c1-35-27-15-11-25(12-16-27)33-31-23-7-3-21(4-8-23)29-19-20-30-22-5-9-24(10-6-22)32-34-26-13-17-28(36-2)18-14-26/h3-18,29-30H,19-20H2,1-2H3/b33-31+,34-32+. The Balaban J connectivity index is 1.19. The van der Waals surface area contributed by atoms with Crippen LogP contribution in [-0.4, -0.2) is 27.3 Å². The highest BCUT2D eigenvalue weighted by atomic mass is 16.5. The van der Waals surface area contributed by atoms with Crippen LogP contribution in [0.1, 0.15) is 0 Å². The molecule has 0 aliphatic rings. The van der Waals surface area contributed by atoms with E-state index in [0.29, 0.717) is 0 Å². The highest BCUT2D eigenvalue weighted by molar-refractivity contribution is 5.53. The summed E-state index contributed by atoms with van der Waals surface area (Å²) in [4.78, 5) is 0. The molecule has 182 valence electrons. The van der Waals surface area contributed by atoms with Crippen LogP contribution in [-0.2, 0) is 0 Å². The van der Waals surface area contributed by atoms with Gasteiger partial charge in [0.05, 0.1) is 37.0 Å². The zero-order valence-corrected chi connectivity index (χ0v) is 20.3. The van der Waals surface area contributed by atoms with Crippen molar-refractivity contribution in [2.45, 2.75) is 0 Å². The monoisotopic (exact) mass is 480 g/mol. The van der Waals surface area contributed by atoms with Crippen molar-refractivity contribution in [2.75, 3.05) is 37.9 Å². The Morgan fingerprint density at radius 2 is 0.722 bits per heavy atom. The van der Waals surface area contributed by atoms with Gasteiger partial charge in [0.2, 0.25) is 0 Å². The van der Waals surface area contributed by atoms with Crippen molar-refractivity contribution in [3.8, 4) is 11.5 Å². The number of anilines is 2. The fourth-order valence-electron chi connectivity index (χ4n) is 3.23. The van der Waals surface area contributed by atoms with Crippen LogP contribution in [0.4, 0.5) is 34.1 Å². The summed E-state index contributed by atoms with van der Waals surface area (Å²) in [5.41, 5.74) is 5.18. The third-order valence-corrected chi connectivity index (χ3v) is 5.22. The molecule has 0 fully saturated rings. The van der Waals surface area contributed by atoms with Gasteiger partial charge in [-0.3, -0.25) is 0 Å². The van der Waals surface area contributed by atoms with Crippen LogP contribution in [0.25, 0.3) is 0 Å². The summed E-state index contributed by atoms with van der Waals surface area (Å²) in [6.07, 6.45) is 0. The third-order valence-electron chi connectivity index (χ3n) is 5.22. The lowest BCUT2D eigenvalue weighted by molar-refractivity contribution is 0.414. The average molecular weight is 481 g/mol. The van der Waals surface area contributed by atoms with Crippen LogP contribution in [0.2, 0.25) is 0 Å². The molecule has 0 saturated carbocycles. The first-order valence-corrected chi connectivity index (χ1v) is 11.5. The molecular formula is C28H28N6O2. The lowest BCUT2D eigenvalue weighted by atomic mass is 10.2. The molecule has 0 aliphatic heterocycles. The number of nitrogens with zero attached hydrogens (tertiary/aromatic N) is 4. The second-order valence-corrected chi connectivity index (χ2v) is 7.74. The molecule has 0 aliphatic carbocycles. The van der Waals surface area contributed by atoms with Gasteiger partial charge in [-0.2, -0.15) is 20.5 Å². The smallest absolute Gasteiger partial charge is 0.119 e. The molecule has 0 amide bonds. The van der Waals surface area contributed by atoms with Crippen molar-refractivity contribution in [1.29, 1.82) is 0 Å². The minimum absolute atomic E-state index is 0.769. The minimum atomic E-state index is 0.769. The first-order valence-electron chi connectivity index (χ1n) is 11.5. The molecule has 2 N–H and O–H groups in total. The topological polar surface area (TPSA) is 92.0 Å². The van der Waals surface area contributed by atoms with Crippen molar-refractivity contribution < 1.29 is 9.47 Å². The number of azo groups is 2. The summed E-state index contributed by atoms with van der Waals surface area (Å²) in [6, 6.07) is 30.6. The molecule has 4 aromatic rings. The van der Waals surface area contributed by atoms with Gasteiger partial charge in [-0.05, 0) is 97.1 Å². The zero-order valence-electron chi connectivity index (χ0n) is 20.3. The Kier molecular flexibility index (Phi) is 8.58. The predicted octanol–water partition coefficient (Wildman–Crippen LogP) is 8.06. The maximum Gasteiger partial charge on any atom is 0.119 e. The van der Waals surface area contributed by atoms with Crippen LogP contribution < -0.4 is 20.1 Å². The van der Waals surface area contributed by atoms with E-state index in [0.717, 1.165) is 58.7 Å². The van der Waals surface area contributed by atoms with Crippen LogP contribution in [0.5, 0.6) is 11.5 Å². The zero-order chi connectivity index (χ0) is 25.0. The molecule has 4 aromatic carbocycles. The molecular weight excluding hydrogens is 452 g/mol. The van der Waals surface area contributed by atoms with Gasteiger partial charge >= 0.3 is 0 Å². The van der Waals surface area contributed by atoms with Gasteiger partial charge in [-0.25, -0.2) is 0 Å². The molecule has 0 spiro atoms. The lowest BCUT2D eigenvalue weighted by Gasteiger charge is -2.09. The quantitative estimate of drug-likeness (QED) is 0.168. The van der Waals surface area contributed by atoms with E-state index in [1.807, 2.05) is 97.1 Å². The van der Waals surface area contributed by atoms with E-state index < -0.39 is 0 Å². The number of rotatable bonds is 11. The summed E-state index contributed by atoms with van der Waals surface area (Å²) in [6.45, 7) is 1.54. The Morgan fingerprint density at radius 1 is 0.444 bits per heavy atom. The van der Waals surface area contributed by atoms with Gasteiger partial charge < -0.3 is 20.1 Å². The first-order chi connectivity index (χ1) is 17.7. The van der Waals surface area contributed by atoms with E-state index in [1.165, 1.54) is 0 Å². The number of nitrogens with one attached hydrogen (secondary N) is 2. The van der Waals surface area contributed by atoms with Crippen LogP contribution in [0, 0.1) is 0 Å². The van der Waals surface area contributed by atoms with Gasteiger partial charge in [0.25, 0.3) is 0 Å². The van der Waals surface area contributed by atoms with Crippen LogP contribution in [0.3, 0.4) is 0 Å². The number of hydrogen-bond acceptors (Lipinski definition) is 8. The molecule has 36 heavy (non-hydrogen) atoms. The van der Waals surface area contributed by atoms with Crippen LogP contribution >= 0.6 is 0 Å². The number of ether oxygens (including phenoxy) is 2. The maximum absolute atomic E-state index is 5.15. The molecule has 4 rings (SSSR count). The van der Waals surface area contributed by atoms with Crippen molar-refractivity contribution in [3.63, 3.8) is 0 Å². The summed E-state index contributed by atoms with van der Waals surface area (Å²) < 4.78 is 10.3. The van der Waals surface area contributed by atoms with Crippen LogP contribution in [0.15, 0.2) is 118 Å². The van der Waals surface area contributed by atoms with E-state index in [4.69, 9.17) is 9.47 Å². The molecule has 0 aromatic heterocycles. The highest BCUT2D eigenvalue weighted by Crippen LogP contribution is 2.23. The normalized spacial score (nSPS) is 11.1. The first kappa shape index (κ1) is 24.4. The van der Waals surface area contributed by atoms with Gasteiger partial charge in [-0.15, -0.1) is 0 Å². The minimum Gasteiger partial charge on any atom is -0.497 e. The molecule has 8 heteroatoms. The summed E-state index contributed by atoms with van der Waals surface area (Å²) in [5.74, 6) is 1.59. The van der Waals surface area contributed by atoms with Crippen molar-refractivity contribution >= 4 is 34.1 Å². The maximum atomic E-state index is 5.15. The van der Waals surface area contributed by atoms with Gasteiger partial charge in [0.1, 0.15) is 11.5 Å². The molecule has 8 nitrogen and oxygen atoms in total. The Labute approximate surface area is 210 Å². The fraction of sp³-hybridized carbons (Fsp3) is 0.143. The van der Waals surface area contributed by atoms with Gasteiger partial charge in [0, 0.05) is 24.5 Å². The molecule has 0 radical (unpaired) electrons. The molecule has 0 unspecified atom stereocenters. The summed E-state index contributed by atoms with van der Waals surface area (Å²) in [5, 5.41) is 23.9. The molecule has 0 heterocycles. The van der Waals surface area contributed by atoms with E-state index in [9.17, 15) is 0 Å². The molecule has 0 saturated heterocycles. The van der Waals surface area contributed by atoms with Crippen molar-refractivity contribution in [2.24, 2.45) is 20.5 Å². The van der Waals surface area contributed by atoms with E-state index in [1.54, 1.807) is 14.2 Å². The third kappa shape index (κ3) is 7.39. The Morgan fingerprint density at radius 3 is 1.00 bits per heavy atom. The lowest BCUT2D eigenvalue weighted by Crippen LogP contribution is -2.13. The van der Waals surface area contributed by atoms with Gasteiger partial charge in [-0.1, -0.05) is 0 Å². The van der Waals surface area contributed by atoms with E-state index >= 15 is 0 Å². The highest BCUT2D eigenvalue weighted by Gasteiger charge is 1.97. The van der Waals surface area contributed by atoms with E-state index in [2.05, 4.69) is 31.1 Å². The Hall–Kier alpha value is -4.72. The largest absolute Gasteiger partial charge is 0.497 e. The summed E-state index contributed by atoms with van der Waals surface area (Å²) >= 11 is 0. The fourth-order valence-corrected chi connectivity index (χ4v) is 3.23. The average Bonchev–Trinajstić information content (AvgIpc) is 2.95. The van der Waals surface area contributed by atoms with Crippen molar-refractivity contribution in [3.05, 3.63) is 97.1 Å². The molecule has 0 bridgehead atoms. The number of hydrogen-bond donors (Lipinski definition) is 2. The second kappa shape index (κ2) is 12.7. The van der Waals surface area contributed by atoms with Crippen molar-refractivity contribution in [1.82, 2.24) is 0 Å². The van der Waals surface area contributed by atoms with E-state index in [-0.39, 0.29) is 0 Å². The van der Waals surface area contributed by atoms with Gasteiger partial charge in [0.15, 0.2) is 0 Å². The number of methoxy groups -OCH3 is 2. The molecule has 0 atom stereocenters. The predicted molar refractivity (Wildman–Crippen MR) is 144 cm³/mol. The SMILES string of the molecule is COc1ccc(/N=N/c2ccc(NCCNc3ccc(/N=N/c4ccc(OC)cc4)cc3)cc2)cc1. The Bertz CT molecular complexity index is 1170. The number of benzene rings is 4. The second-order valence-electron chi connectivity index (χ2n) is 7.74. The summed E-state index contributed by atoms with van der Waals surface area (Å²) in [7, 11) is 3.28.